The molecule has 0 heterocycles. The van der Waals surface area contributed by atoms with Crippen LogP contribution in [0.4, 0.5) is 5.69 Å². The van der Waals surface area contributed by atoms with Crippen molar-refractivity contribution in [3.8, 4) is 0 Å². The molecular weight excluding hydrogens is 625 g/mol. The number of rotatable bonds is 11. The zero-order chi connectivity index (χ0) is 28.7. The molecule has 0 spiro atoms. The van der Waals surface area contributed by atoms with Gasteiger partial charge in [0.2, 0.25) is 11.8 Å². The van der Waals surface area contributed by atoms with E-state index >= 15 is 0 Å². The van der Waals surface area contributed by atoms with Crippen LogP contribution in [0.5, 0.6) is 0 Å². The molecule has 0 fully saturated rings. The molecule has 39 heavy (non-hydrogen) atoms. The number of nitrogens with zero attached hydrogens (tertiary/aromatic N) is 2. The van der Waals surface area contributed by atoms with E-state index in [0.29, 0.717) is 11.6 Å². The van der Waals surface area contributed by atoms with Gasteiger partial charge < -0.3 is 10.2 Å². The number of carbonyl (C=O) groups excluding carboxylic acids is 2. The molecule has 3 rings (SSSR count). The van der Waals surface area contributed by atoms with Gasteiger partial charge in [-0.25, -0.2) is 8.42 Å². The van der Waals surface area contributed by atoms with Gasteiger partial charge in [-0.1, -0.05) is 83.3 Å². The second-order valence-electron chi connectivity index (χ2n) is 9.38. The monoisotopic (exact) mass is 653 g/mol. The van der Waals surface area contributed by atoms with Crippen LogP contribution in [0.1, 0.15) is 26.3 Å². The lowest BCUT2D eigenvalue weighted by Gasteiger charge is -2.32. The van der Waals surface area contributed by atoms with E-state index in [1.807, 2.05) is 38.1 Å². The quantitative estimate of drug-likeness (QED) is 0.269. The fourth-order valence-electron chi connectivity index (χ4n) is 3.74. The van der Waals surface area contributed by atoms with Crippen LogP contribution < -0.4 is 9.62 Å². The van der Waals surface area contributed by atoms with Crippen molar-refractivity contribution in [2.24, 2.45) is 5.92 Å². The van der Waals surface area contributed by atoms with Gasteiger partial charge in [0.1, 0.15) is 12.6 Å². The summed E-state index contributed by atoms with van der Waals surface area (Å²) in [6.07, 6.45) is 0. The van der Waals surface area contributed by atoms with Crippen LogP contribution >= 0.6 is 39.1 Å². The minimum atomic E-state index is -4.21. The molecule has 0 radical (unpaired) electrons. The van der Waals surface area contributed by atoms with E-state index in [1.165, 1.54) is 35.2 Å². The maximum atomic E-state index is 13.9. The van der Waals surface area contributed by atoms with Crippen molar-refractivity contribution in [1.82, 2.24) is 10.2 Å². The molecule has 0 aliphatic rings. The lowest BCUT2D eigenvalue weighted by Crippen LogP contribution is -2.51. The number of sulfonamides is 1. The highest BCUT2D eigenvalue weighted by Gasteiger charge is 2.33. The maximum Gasteiger partial charge on any atom is 0.264 e. The van der Waals surface area contributed by atoms with Crippen molar-refractivity contribution in [2.45, 2.75) is 38.3 Å². The molecule has 3 aromatic carbocycles. The number of amides is 2. The summed E-state index contributed by atoms with van der Waals surface area (Å²) in [7, 11) is -4.21. The van der Waals surface area contributed by atoms with E-state index in [-0.39, 0.29) is 34.0 Å². The van der Waals surface area contributed by atoms with Crippen molar-refractivity contribution in [3.63, 3.8) is 0 Å². The van der Waals surface area contributed by atoms with Crippen molar-refractivity contribution >= 4 is 66.7 Å². The fourth-order valence-corrected chi connectivity index (χ4v) is 6.02. The molecule has 0 saturated carbocycles. The predicted molar refractivity (Wildman–Crippen MR) is 159 cm³/mol. The van der Waals surface area contributed by atoms with Crippen LogP contribution in [0.2, 0.25) is 10.0 Å². The maximum absolute atomic E-state index is 13.9. The molecule has 2 amide bonds. The van der Waals surface area contributed by atoms with Gasteiger partial charge in [0.25, 0.3) is 10.0 Å². The molecular formula is C28H30BrCl2N3O4S. The van der Waals surface area contributed by atoms with E-state index in [0.717, 1.165) is 14.3 Å². The van der Waals surface area contributed by atoms with Gasteiger partial charge in [0.15, 0.2) is 0 Å². The molecule has 0 unspecified atom stereocenters. The van der Waals surface area contributed by atoms with Crippen molar-refractivity contribution in [1.29, 1.82) is 0 Å². The molecule has 0 aromatic heterocycles. The topological polar surface area (TPSA) is 86.8 Å². The lowest BCUT2D eigenvalue weighted by molar-refractivity contribution is -0.139. The Morgan fingerprint density at radius 3 is 2.18 bits per heavy atom. The number of hydrogen-bond acceptors (Lipinski definition) is 4. The van der Waals surface area contributed by atoms with E-state index in [1.54, 1.807) is 25.1 Å². The molecule has 208 valence electrons. The van der Waals surface area contributed by atoms with E-state index in [4.69, 9.17) is 23.2 Å². The molecule has 0 aliphatic carbocycles. The Morgan fingerprint density at radius 1 is 0.949 bits per heavy atom. The largest absolute Gasteiger partial charge is 0.354 e. The summed E-state index contributed by atoms with van der Waals surface area (Å²) in [4.78, 5) is 28.3. The molecule has 0 saturated heterocycles. The second-order valence-corrected chi connectivity index (χ2v) is 13.0. The molecule has 0 aliphatic heterocycles. The number of nitrogens with one attached hydrogen (secondary N) is 1. The Balaban J connectivity index is 2.03. The first-order chi connectivity index (χ1) is 18.4. The van der Waals surface area contributed by atoms with E-state index in [9.17, 15) is 18.0 Å². The van der Waals surface area contributed by atoms with Crippen LogP contribution in [0.15, 0.2) is 82.2 Å². The molecule has 7 nitrogen and oxygen atoms in total. The van der Waals surface area contributed by atoms with Crippen molar-refractivity contribution in [3.05, 3.63) is 92.9 Å². The average Bonchev–Trinajstić information content (AvgIpc) is 2.90. The Kier molecular flexibility index (Phi) is 10.8. The minimum absolute atomic E-state index is 0.00833. The number of anilines is 1. The Bertz CT molecular complexity index is 1400. The first kappa shape index (κ1) is 30.9. The summed E-state index contributed by atoms with van der Waals surface area (Å²) in [6, 6.07) is 18.6. The van der Waals surface area contributed by atoms with Crippen LogP contribution in [-0.4, -0.2) is 44.3 Å². The standard InChI is InChI=1S/C28H30BrCl2N3O4S/c1-19(2)16-32-28(36)20(3)33(17-21-9-11-22(29)12-10-21)27(35)18-34(26-14-13-23(30)15-25(26)31)39(37,38)24-7-5-4-6-8-24/h4-15,19-20H,16-18H2,1-3H3,(H,32,36)/t20-/m1/s1. The van der Waals surface area contributed by atoms with Gasteiger partial charge in [0.05, 0.1) is 15.6 Å². The lowest BCUT2D eigenvalue weighted by atomic mass is 10.1. The van der Waals surface area contributed by atoms with Crippen molar-refractivity contribution in [2.75, 3.05) is 17.4 Å². The SMILES string of the molecule is CC(C)CNC(=O)[C@@H](C)N(Cc1ccc(Br)cc1)C(=O)CN(c1ccc(Cl)cc1Cl)S(=O)(=O)c1ccccc1. The summed E-state index contributed by atoms with van der Waals surface area (Å²) in [5.74, 6) is -0.692. The number of benzene rings is 3. The molecule has 11 heteroatoms. The highest BCUT2D eigenvalue weighted by Crippen LogP contribution is 2.33. The molecule has 1 N–H and O–H groups in total. The van der Waals surface area contributed by atoms with Gasteiger partial charge in [-0.15, -0.1) is 0 Å². The van der Waals surface area contributed by atoms with Crippen LogP contribution in [-0.2, 0) is 26.2 Å². The first-order valence-electron chi connectivity index (χ1n) is 12.2. The Labute approximate surface area is 248 Å². The summed E-state index contributed by atoms with van der Waals surface area (Å²) in [5, 5.41) is 3.25. The number of hydrogen-bond donors (Lipinski definition) is 1. The Morgan fingerprint density at radius 2 is 1.59 bits per heavy atom. The molecule has 3 aromatic rings. The van der Waals surface area contributed by atoms with Gasteiger partial charge in [-0.05, 0) is 60.9 Å². The number of halogens is 3. The number of carbonyl (C=O) groups is 2. The predicted octanol–water partition coefficient (Wildman–Crippen LogP) is 6.14. The third kappa shape index (κ3) is 8.20. The normalized spacial score (nSPS) is 12.2. The highest BCUT2D eigenvalue weighted by molar-refractivity contribution is 9.10. The summed E-state index contributed by atoms with van der Waals surface area (Å²) in [5.41, 5.74) is 0.871. The Hall–Kier alpha value is -2.59. The molecule has 1 atom stereocenters. The fraction of sp³-hybridized carbons (Fsp3) is 0.286. The zero-order valence-electron chi connectivity index (χ0n) is 21.8. The van der Waals surface area contributed by atoms with Gasteiger partial charge in [-0.3, -0.25) is 13.9 Å². The second kappa shape index (κ2) is 13.7. The smallest absolute Gasteiger partial charge is 0.264 e. The summed E-state index contributed by atoms with van der Waals surface area (Å²) >= 11 is 15.9. The zero-order valence-corrected chi connectivity index (χ0v) is 25.7. The van der Waals surface area contributed by atoms with Crippen LogP contribution in [0.25, 0.3) is 0 Å². The third-order valence-corrected chi connectivity index (χ3v) is 8.75. The molecule has 0 bridgehead atoms. The summed E-state index contributed by atoms with van der Waals surface area (Å²) < 4.78 is 29.4. The van der Waals surface area contributed by atoms with E-state index < -0.39 is 28.5 Å². The summed E-state index contributed by atoms with van der Waals surface area (Å²) in [6.45, 7) is 5.51. The van der Waals surface area contributed by atoms with Gasteiger partial charge in [0, 0.05) is 22.6 Å². The minimum Gasteiger partial charge on any atom is -0.354 e. The van der Waals surface area contributed by atoms with Crippen LogP contribution in [0.3, 0.4) is 0 Å². The van der Waals surface area contributed by atoms with Crippen molar-refractivity contribution < 1.29 is 18.0 Å². The highest BCUT2D eigenvalue weighted by atomic mass is 79.9. The first-order valence-corrected chi connectivity index (χ1v) is 15.2. The van der Waals surface area contributed by atoms with Gasteiger partial charge in [-0.2, -0.15) is 0 Å². The third-order valence-electron chi connectivity index (χ3n) is 5.91. The van der Waals surface area contributed by atoms with E-state index in [2.05, 4.69) is 21.2 Å². The average molecular weight is 655 g/mol. The van der Waals surface area contributed by atoms with Gasteiger partial charge >= 0.3 is 0 Å². The van der Waals surface area contributed by atoms with Crippen LogP contribution in [0, 0.1) is 5.92 Å².